The molecule has 4 aromatic rings. The molecule has 0 saturated heterocycles. The number of imidazole rings is 1. The number of nitrogens with zero attached hydrogens (tertiary/aromatic N) is 5. The summed E-state index contributed by atoms with van der Waals surface area (Å²) in [7, 11) is 1.53. The van der Waals surface area contributed by atoms with Crippen molar-refractivity contribution in [2.24, 2.45) is 0 Å². The van der Waals surface area contributed by atoms with E-state index in [1.807, 2.05) is 13.8 Å². The Morgan fingerprint density at radius 1 is 1.09 bits per heavy atom. The fourth-order valence-electron chi connectivity index (χ4n) is 5.02. The smallest absolute Gasteiger partial charge is 0.355 e. The lowest BCUT2D eigenvalue weighted by atomic mass is 9.98. The number of rotatable bonds is 5. The van der Waals surface area contributed by atoms with Crippen LogP contribution in [-0.4, -0.2) is 48.9 Å². The summed E-state index contributed by atoms with van der Waals surface area (Å²) >= 11 is 2.91. The summed E-state index contributed by atoms with van der Waals surface area (Å²) in [6.07, 6.45) is -1.18. The molecule has 0 aliphatic carbocycles. The van der Waals surface area contributed by atoms with Crippen LogP contribution in [0.3, 0.4) is 0 Å². The number of fused-ring (bicyclic) bond motifs is 1. The summed E-state index contributed by atoms with van der Waals surface area (Å²) < 4.78 is 43.5. The molecule has 224 valence electrons. The topological polar surface area (TPSA) is 102 Å². The molecule has 0 radical (unpaired) electrons. The zero-order valence-corrected chi connectivity index (χ0v) is 25.3. The molecule has 3 heterocycles. The molecule has 1 atom stereocenters. The van der Waals surface area contributed by atoms with Crippen LogP contribution in [0.25, 0.3) is 11.6 Å². The van der Waals surface area contributed by atoms with Gasteiger partial charge in [0, 0.05) is 40.4 Å². The van der Waals surface area contributed by atoms with Gasteiger partial charge in [-0.05, 0) is 61.7 Å². The Morgan fingerprint density at radius 2 is 1.77 bits per heavy atom. The van der Waals surface area contributed by atoms with Crippen molar-refractivity contribution in [1.82, 2.24) is 29.3 Å². The number of halogens is 4. The third-order valence-corrected chi connectivity index (χ3v) is 8.11. The van der Waals surface area contributed by atoms with Crippen molar-refractivity contribution < 1.29 is 22.8 Å². The normalized spacial score (nSPS) is 15.0. The second-order valence-corrected chi connectivity index (χ2v) is 11.5. The van der Waals surface area contributed by atoms with Gasteiger partial charge < -0.3 is 10.2 Å². The van der Waals surface area contributed by atoms with Crippen LogP contribution in [0.15, 0.2) is 64.3 Å². The number of hydrogen-bond donors (Lipinski definition) is 1. The highest BCUT2D eigenvalue weighted by atomic mass is 79.9. The van der Waals surface area contributed by atoms with Crippen molar-refractivity contribution in [2.45, 2.75) is 51.9 Å². The molecular formula is C30H28BrF3N6O3. The largest absolute Gasteiger partial charge is 0.417 e. The van der Waals surface area contributed by atoms with Gasteiger partial charge in [-0.25, -0.2) is 14.5 Å². The SMILES string of the molecule is CNC(=O)c1ccc(-n2c(-n3cnc(C(C)C)c3)nc3c(c2=O)CC(C)N(C(=O)c2ccc(Br)c(C(F)(F)F)c2)C3)cc1. The monoisotopic (exact) mass is 656 g/mol. The van der Waals surface area contributed by atoms with E-state index in [-0.39, 0.29) is 46.3 Å². The maximum atomic E-state index is 14.1. The minimum absolute atomic E-state index is 0.0722. The van der Waals surface area contributed by atoms with E-state index in [0.717, 1.165) is 11.8 Å². The van der Waals surface area contributed by atoms with Gasteiger partial charge in [0.25, 0.3) is 17.4 Å². The molecular weight excluding hydrogens is 629 g/mol. The van der Waals surface area contributed by atoms with Crippen molar-refractivity contribution in [3.63, 3.8) is 0 Å². The summed E-state index contributed by atoms with van der Waals surface area (Å²) in [4.78, 5) is 50.4. The second-order valence-electron chi connectivity index (χ2n) is 10.6. The molecule has 5 rings (SSSR count). The van der Waals surface area contributed by atoms with E-state index in [1.165, 1.54) is 28.6 Å². The van der Waals surface area contributed by atoms with Crippen LogP contribution in [0.4, 0.5) is 13.2 Å². The van der Waals surface area contributed by atoms with Crippen molar-refractivity contribution in [3.05, 3.63) is 103 Å². The lowest BCUT2D eigenvalue weighted by molar-refractivity contribution is -0.138. The molecule has 9 nitrogen and oxygen atoms in total. The third-order valence-electron chi connectivity index (χ3n) is 7.42. The van der Waals surface area contributed by atoms with Gasteiger partial charge in [-0.15, -0.1) is 0 Å². The molecule has 0 spiro atoms. The van der Waals surface area contributed by atoms with Crippen molar-refractivity contribution >= 4 is 27.7 Å². The Morgan fingerprint density at radius 3 is 2.37 bits per heavy atom. The molecule has 13 heteroatoms. The molecule has 1 aliphatic heterocycles. The highest BCUT2D eigenvalue weighted by Crippen LogP contribution is 2.36. The van der Waals surface area contributed by atoms with Crippen LogP contribution < -0.4 is 10.9 Å². The lowest BCUT2D eigenvalue weighted by Crippen LogP contribution is -2.46. The third kappa shape index (κ3) is 5.73. The van der Waals surface area contributed by atoms with Gasteiger partial charge in [0.2, 0.25) is 5.95 Å². The Balaban J connectivity index is 1.61. The minimum Gasteiger partial charge on any atom is -0.355 e. The van der Waals surface area contributed by atoms with Gasteiger partial charge >= 0.3 is 6.18 Å². The van der Waals surface area contributed by atoms with E-state index < -0.39 is 23.7 Å². The quantitative estimate of drug-likeness (QED) is 0.315. The molecule has 2 amide bonds. The van der Waals surface area contributed by atoms with Crippen LogP contribution in [-0.2, 0) is 19.1 Å². The fourth-order valence-corrected chi connectivity index (χ4v) is 5.49. The highest BCUT2D eigenvalue weighted by molar-refractivity contribution is 9.10. The van der Waals surface area contributed by atoms with Crippen molar-refractivity contribution in [3.8, 4) is 11.6 Å². The number of carbonyl (C=O) groups excluding carboxylic acids is 2. The predicted molar refractivity (Wildman–Crippen MR) is 157 cm³/mol. The molecule has 2 aromatic carbocycles. The van der Waals surface area contributed by atoms with E-state index in [2.05, 4.69) is 26.2 Å². The Labute approximate surface area is 253 Å². The summed E-state index contributed by atoms with van der Waals surface area (Å²) in [6.45, 7) is 5.63. The molecule has 43 heavy (non-hydrogen) atoms. The van der Waals surface area contributed by atoms with Crippen molar-refractivity contribution in [2.75, 3.05) is 7.05 Å². The first kappa shape index (κ1) is 30.2. The van der Waals surface area contributed by atoms with E-state index in [0.29, 0.717) is 22.5 Å². The molecule has 1 N–H and O–H groups in total. The van der Waals surface area contributed by atoms with E-state index in [9.17, 15) is 27.6 Å². The molecule has 1 aliphatic rings. The first-order chi connectivity index (χ1) is 20.3. The number of carbonyl (C=O) groups is 2. The lowest BCUT2D eigenvalue weighted by Gasteiger charge is -2.34. The van der Waals surface area contributed by atoms with Gasteiger partial charge in [-0.3, -0.25) is 19.0 Å². The fraction of sp³-hybridized carbons (Fsp3) is 0.300. The van der Waals surface area contributed by atoms with Gasteiger partial charge in [0.1, 0.15) is 6.33 Å². The number of alkyl halides is 3. The number of nitrogens with one attached hydrogen (secondary N) is 1. The van der Waals surface area contributed by atoms with Crippen LogP contribution in [0.2, 0.25) is 0 Å². The molecule has 0 fully saturated rings. The van der Waals surface area contributed by atoms with E-state index in [4.69, 9.17) is 4.98 Å². The summed E-state index contributed by atoms with van der Waals surface area (Å²) in [5.74, 6) is -0.545. The Bertz CT molecular complexity index is 1780. The summed E-state index contributed by atoms with van der Waals surface area (Å²) in [5, 5.41) is 2.56. The highest BCUT2D eigenvalue weighted by Gasteiger charge is 2.36. The van der Waals surface area contributed by atoms with Crippen molar-refractivity contribution in [1.29, 1.82) is 0 Å². The number of amides is 2. The van der Waals surface area contributed by atoms with Crippen LogP contribution in [0, 0.1) is 0 Å². The molecule has 0 saturated carbocycles. The Kier molecular flexibility index (Phi) is 8.03. The zero-order chi connectivity index (χ0) is 31.2. The van der Waals surface area contributed by atoms with Crippen LogP contribution in [0.1, 0.15) is 69.9 Å². The average molecular weight is 657 g/mol. The molecule has 1 unspecified atom stereocenters. The molecule has 0 bridgehead atoms. The predicted octanol–water partition coefficient (Wildman–Crippen LogP) is 5.27. The second kappa shape index (κ2) is 11.4. The summed E-state index contributed by atoms with van der Waals surface area (Å²) in [5.41, 5.74) is 0.986. The van der Waals surface area contributed by atoms with Gasteiger partial charge in [-0.1, -0.05) is 29.8 Å². The van der Waals surface area contributed by atoms with Gasteiger partial charge in [-0.2, -0.15) is 13.2 Å². The maximum absolute atomic E-state index is 14.1. The van der Waals surface area contributed by atoms with Gasteiger partial charge in [0.05, 0.1) is 29.2 Å². The first-order valence-electron chi connectivity index (χ1n) is 13.5. The summed E-state index contributed by atoms with van der Waals surface area (Å²) in [6, 6.07) is 9.38. The standard InChI is InChI=1S/C30H28BrF3N6O3/c1-16(2)24-13-38(15-36-24)29-37-25-14-39(27(42)19-7-10-23(31)22(12-19)30(32,33)34)17(3)11-21(25)28(43)40(29)20-8-5-18(6-9-20)26(41)35-4/h5-10,12-13,15-17H,11,14H2,1-4H3,(H,35,41). The van der Waals surface area contributed by atoms with Crippen LogP contribution in [0.5, 0.6) is 0 Å². The number of aromatic nitrogens is 4. The number of hydrogen-bond acceptors (Lipinski definition) is 5. The Hall–Kier alpha value is -4.26. The zero-order valence-electron chi connectivity index (χ0n) is 23.7. The van der Waals surface area contributed by atoms with Crippen LogP contribution >= 0.6 is 15.9 Å². The maximum Gasteiger partial charge on any atom is 0.417 e. The van der Waals surface area contributed by atoms with Gasteiger partial charge in [0.15, 0.2) is 0 Å². The molecule has 2 aromatic heterocycles. The van der Waals surface area contributed by atoms with E-state index >= 15 is 0 Å². The number of benzene rings is 2. The average Bonchev–Trinajstić information content (AvgIpc) is 3.47. The first-order valence-corrected chi connectivity index (χ1v) is 14.3. The minimum atomic E-state index is -4.64. The van der Waals surface area contributed by atoms with E-state index in [1.54, 1.807) is 48.3 Å².